The molecule has 40 heavy (non-hydrogen) atoms. The Morgan fingerprint density at radius 2 is 0.675 bits per heavy atom. The third-order valence-electron chi connectivity index (χ3n) is 4.80. The minimum atomic E-state index is -1.82. The summed E-state index contributed by atoms with van der Waals surface area (Å²) >= 11 is 47.5. The van der Waals surface area contributed by atoms with Crippen LogP contribution in [0.4, 0.5) is 11.4 Å². The molecule has 0 heterocycles. The molecule has 18 heteroatoms. The van der Waals surface area contributed by atoms with E-state index in [0.717, 1.165) is 0 Å². The van der Waals surface area contributed by atoms with Crippen molar-refractivity contribution in [3.8, 4) is 0 Å². The average Bonchev–Trinajstić information content (AvgIpc) is 2.85. The van der Waals surface area contributed by atoms with Crippen molar-refractivity contribution < 1.29 is 88.5 Å². The largest absolute Gasteiger partial charge is 1.00 e. The van der Waals surface area contributed by atoms with Gasteiger partial charge < -0.3 is 30.4 Å². The van der Waals surface area contributed by atoms with Crippen LogP contribution in [0.5, 0.6) is 0 Å². The number of halogens is 8. The molecular formula is C22H6Cl8N2Na2O6. The molecule has 0 fully saturated rings. The van der Waals surface area contributed by atoms with Crippen molar-refractivity contribution in [2.24, 2.45) is 0 Å². The molecule has 0 aliphatic heterocycles. The van der Waals surface area contributed by atoms with Crippen molar-refractivity contribution >= 4 is 128 Å². The number of carboxylic acids is 2. The molecule has 3 rings (SSSR count). The van der Waals surface area contributed by atoms with E-state index in [-0.39, 0.29) is 90.6 Å². The molecule has 2 amide bonds. The Labute approximate surface area is 310 Å². The molecule has 0 unspecified atom stereocenters. The first-order valence-corrected chi connectivity index (χ1v) is 12.6. The van der Waals surface area contributed by atoms with E-state index in [9.17, 15) is 29.4 Å². The summed E-state index contributed by atoms with van der Waals surface area (Å²) in [5, 5.41) is 24.5. The second-order valence-electron chi connectivity index (χ2n) is 7.07. The number of hydrogen-bond donors (Lipinski definition) is 2. The van der Waals surface area contributed by atoms with Crippen LogP contribution in [-0.2, 0) is 0 Å². The number of benzene rings is 3. The Bertz CT molecular complexity index is 1440. The first-order chi connectivity index (χ1) is 17.7. The molecular weight excluding hydrogens is 718 g/mol. The van der Waals surface area contributed by atoms with E-state index >= 15 is 0 Å². The Balaban J connectivity index is 0.00000400. The zero-order valence-corrected chi connectivity index (χ0v) is 29.8. The molecule has 0 radical (unpaired) electrons. The number of aromatic carboxylic acids is 2. The molecule has 3 aromatic carbocycles. The molecule has 2 N–H and O–H groups in total. The van der Waals surface area contributed by atoms with Crippen molar-refractivity contribution in [1.82, 2.24) is 0 Å². The van der Waals surface area contributed by atoms with Gasteiger partial charge in [0.25, 0.3) is 11.8 Å². The summed E-state index contributed by atoms with van der Waals surface area (Å²) < 4.78 is 0. The summed E-state index contributed by atoms with van der Waals surface area (Å²) in [6, 6.07) is 5.23. The van der Waals surface area contributed by atoms with E-state index in [4.69, 9.17) is 92.8 Å². The summed E-state index contributed by atoms with van der Waals surface area (Å²) in [5.74, 6) is -5.67. The van der Waals surface area contributed by atoms with Crippen molar-refractivity contribution in [3.63, 3.8) is 0 Å². The van der Waals surface area contributed by atoms with E-state index in [0.29, 0.717) is 0 Å². The fraction of sp³-hybridized carbons (Fsp3) is 0. The molecule has 0 atom stereocenters. The third kappa shape index (κ3) is 7.68. The normalized spacial score (nSPS) is 10.2. The number of rotatable bonds is 6. The van der Waals surface area contributed by atoms with Gasteiger partial charge in [-0.05, 0) is 24.3 Å². The number of carboxylic acid groups (broad SMARTS) is 2. The number of nitrogens with one attached hydrogen (secondary N) is 2. The predicted molar refractivity (Wildman–Crippen MR) is 144 cm³/mol. The Morgan fingerprint density at radius 1 is 0.450 bits per heavy atom. The molecule has 0 saturated heterocycles. The number of amides is 2. The maximum Gasteiger partial charge on any atom is 1.00 e. The Kier molecular flexibility index (Phi) is 14.7. The first-order valence-electron chi connectivity index (χ1n) is 9.56. The Hall–Kier alpha value is -0.140. The van der Waals surface area contributed by atoms with Gasteiger partial charge in [0.15, 0.2) is 0 Å². The molecule has 0 aliphatic rings. The predicted octanol–water partition coefficient (Wildman–Crippen LogP) is 0.153. The topological polar surface area (TPSA) is 138 Å². The van der Waals surface area contributed by atoms with Crippen LogP contribution in [0.1, 0.15) is 41.4 Å². The zero-order valence-electron chi connectivity index (χ0n) is 19.8. The summed E-state index contributed by atoms with van der Waals surface area (Å²) in [6.45, 7) is 0. The second-order valence-corrected chi connectivity index (χ2v) is 10.1. The summed E-state index contributed by atoms with van der Waals surface area (Å²) in [7, 11) is 0. The fourth-order valence-electron chi connectivity index (χ4n) is 3.10. The minimum Gasteiger partial charge on any atom is -0.545 e. The van der Waals surface area contributed by atoms with Crippen LogP contribution in [0.2, 0.25) is 40.2 Å². The van der Waals surface area contributed by atoms with Gasteiger partial charge in [-0.15, -0.1) is 0 Å². The number of hydrogen-bond acceptors (Lipinski definition) is 6. The van der Waals surface area contributed by atoms with Gasteiger partial charge in [0, 0.05) is 22.5 Å². The standard InChI is InChI=1S/C22H8Cl8N2O6.2Na/c23-11-7(9(21(35)36)13(25)17(29)15(11)27)19(33)31-5-1-2-6(4-3-5)32-20(34)8-10(22(37)38)14(26)18(30)16(28)12(8)24;;/h1-4H,(H,31,33)(H,32,34)(H,35,36)(H,37,38);;/q;2*+1/p-2. The molecule has 0 aliphatic carbocycles. The van der Waals surface area contributed by atoms with Crippen molar-refractivity contribution in [3.05, 3.63) is 86.7 Å². The van der Waals surface area contributed by atoms with Gasteiger partial charge >= 0.3 is 59.1 Å². The monoisotopic (exact) mass is 720 g/mol. The van der Waals surface area contributed by atoms with Crippen molar-refractivity contribution in [1.29, 1.82) is 0 Å². The molecule has 0 spiro atoms. The number of carbonyl (C=O) groups is 4. The van der Waals surface area contributed by atoms with Crippen LogP contribution < -0.4 is 80.0 Å². The zero-order chi connectivity index (χ0) is 28.6. The van der Waals surface area contributed by atoms with Gasteiger partial charge in [-0.1, -0.05) is 92.8 Å². The van der Waals surface area contributed by atoms with Crippen molar-refractivity contribution in [2.45, 2.75) is 0 Å². The van der Waals surface area contributed by atoms with Crippen molar-refractivity contribution in [2.75, 3.05) is 10.6 Å². The molecule has 198 valence electrons. The van der Waals surface area contributed by atoms with E-state index in [1.54, 1.807) is 0 Å². The van der Waals surface area contributed by atoms with Crippen LogP contribution in [0.3, 0.4) is 0 Å². The molecule has 0 aromatic heterocycles. The minimum absolute atomic E-state index is 0. The van der Waals surface area contributed by atoms with E-state index < -0.39 is 66.1 Å². The van der Waals surface area contributed by atoms with Gasteiger partial charge in [-0.25, -0.2) is 0 Å². The molecule has 0 bridgehead atoms. The van der Waals surface area contributed by atoms with Gasteiger partial charge in [0.05, 0.1) is 63.2 Å². The van der Waals surface area contributed by atoms with E-state index in [2.05, 4.69) is 10.6 Å². The molecule has 3 aromatic rings. The van der Waals surface area contributed by atoms with Crippen LogP contribution in [0.15, 0.2) is 24.3 Å². The summed E-state index contributed by atoms with van der Waals surface area (Å²) in [5.41, 5.74) is -2.50. The third-order valence-corrected chi connectivity index (χ3v) is 8.40. The van der Waals surface area contributed by atoms with Gasteiger partial charge in [0.2, 0.25) is 0 Å². The van der Waals surface area contributed by atoms with E-state index in [1.165, 1.54) is 24.3 Å². The van der Waals surface area contributed by atoms with Gasteiger partial charge in [-0.3, -0.25) is 9.59 Å². The smallest absolute Gasteiger partial charge is 0.545 e. The van der Waals surface area contributed by atoms with Crippen LogP contribution in [0, 0.1) is 0 Å². The average molecular weight is 724 g/mol. The summed E-state index contributed by atoms with van der Waals surface area (Å²) in [6.07, 6.45) is 0. The molecule has 8 nitrogen and oxygen atoms in total. The summed E-state index contributed by atoms with van der Waals surface area (Å²) in [4.78, 5) is 48.8. The second kappa shape index (κ2) is 15.5. The van der Waals surface area contributed by atoms with Gasteiger partial charge in [0.1, 0.15) is 0 Å². The quantitative estimate of drug-likeness (QED) is 0.211. The van der Waals surface area contributed by atoms with Crippen LogP contribution in [0.25, 0.3) is 0 Å². The van der Waals surface area contributed by atoms with E-state index in [1.807, 2.05) is 0 Å². The van der Waals surface area contributed by atoms with Crippen LogP contribution in [-0.4, -0.2) is 23.8 Å². The SMILES string of the molecule is O=C([O-])c1c(Cl)c(Cl)c(Cl)c(Cl)c1C(=O)Nc1ccc(NC(=O)c2c(Cl)c(Cl)c(Cl)c(Cl)c2C(=O)[O-])cc1.[Na+].[Na+]. The fourth-order valence-corrected chi connectivity index (χ4v) is 5.13. The van der Waals surface area contributed by atoms with Crippen LogP contribution >= 0.6 is 92.8 Å². The Morgan fingerprint density at radius 3 is 0.900 bits per heavy atom. The maximum absolute atomic E-state index is 12.8. The number of carbonyl (C=O) groups excluding carboxylic acids is 4. The molecule has 0 saturated carbocycles. The maximum atomic E-state index is 12.8. The first kappa shape index (κ1) is 37.9. The van der Waals surface area contributed by atoms with Gasteiger partial charge in [-0.2, -0.15) is 0 Å². The number of anilines is 2.